The van der Waals surface area contributed by atoms with E-state index >= 15 is 0 Å². The zero-order chi connectivity index (χ0) is 26.5. The fourth-order valence-electron chi connectivity index (χ4n) is 3.82. The second-order valence-electron chi connectivity index (χ2n) is 9.09. The normalized spacial score (nSPS) is 12.5. The molecule has 0 aliphatic heterocycles. The minimum atomic E-state index is -0.849. The average Bonchev–Trinajstić information content (AvgIpc) is 2.89. The Bertz CT molecular complexity index is 909. The molecule has 0 radical (unpaired) electrons. The van der Waals surface area contributed by atoms with Crippen LogP contribution in [0.15, 0.2) is 24.3 Å². The molecule has 0 amide bonds. The van der Waals surface area contributed by atoms with Crippen molar-refractivity contribution in [1.29, 1.82) is 0 Å². The summed E-state index contributed by atoms with van der Waals surface area (Å²) in [5.74, 6) is 0.877. The lowest BCUT2D eigenvalue weighted by Crippen LogP contribution is -2.17. The highest BCUT2D eigenvalue weighted by Crippen LogP contribution is 2.51. The SMILES string of the molecule is CCCCC(C)COC(=O)Oc1c(OC)c(OC)c(OC(=O)OCC(C)CCCC)c2ccccc12. The molecule has 0 fully saturated rings. The summed E-state index contributed by atoms with van der Waals surface area (Å²) < 4.78 is 32.9. The molecular weight excluding hydrogens is 464 g/mol. The smallest absolute Gasteiger partial charge is 0.490 e. The van der Waals surface area contributed by atoms with E-state index in [4.69, 9.17) is 28.4 Å². The summed E-state index contributed by atoms with van der Waals surface area (Å²) in [4.78, 5) is 25.1. The van der Waals surface area contributed by atoms with Crippen LogP contribution in [-0.4, -0.2) is 39.7 Å². The Morgan fingerprint density at radius 1 is 0.694 bits per heavy atom. The quantitative estimate of drug-likeness (QED) is 0.192. The Hall–Kier alpha value is -3.16. The minimum absolute atomic E-state index is 0.103. The fourth-order valence-corrected chi connectivity index (χ4v) is 3.82. The number of methoxy groups -OCH3 is 2. The van der Waals surface area contributed by atoms with Crippen molar-refractivity contribution in [2.45, 2.75) is 66.2 Å². The van der Waals surface area contributed by atoms with Crippen molar-refractivity contribution < 1.29 is 38.0 Å². The van der Waals surface area contributed by atoms with Crippen molar-refractivity contribution in [3.8, 4) is 23.0 Å². The molecule has 0 saturated heterocycles. The van der Waals surface area contributed by atoms with E-state index in [1.165, 1.54) is 14.2 Å². The van der Waals surface area contributed by atoms with E-state index in [1.54, 1.807) is 24.3 Å². The highest BCUT2D eigenvalue weighted by molar-refractivity contribution is 6.00. The topological polar surface area (TPSA) is 89.5 Å². The van der Waals surface area contributed by atoms with Crippen LogP contribution in [0.25, 0.3) is 10.8 Å². The van der Waals surface area contributed by atoms with Gasteiger partial charge in [-0.15, -0.1) is 0 Å². The average molecular weight is 505 g/mol. The van der Waals surface area contributed by atoms with Crippen LogP contribution in [0, 0.1) is 11.8 Å². The summed E-state index contributed by atoms with van der Waals surface area (Å²) in [5, 5.41) is 0.982. The van der Waals surface area contributed by atoms with Crippen LogP contribution >= 0.6 is 0 Å². The van der Waals surface area contributed by atoms with Gasteiger partial charge >= 0.3 is 12.3 Å². The zero-order valence-corrected chi connectivity index (χ0v) is 22.4. The van der Waals surface area contributed by atoms with Crippen LogP contribution in [0.3, 0.4) is 0 Å². The van der Waals surface area contributed by atoms with Crippen LogP contribution in [-0.2, 0) is 9.47 Å². The van der Waals surface area contributed by atoms with Gasteiger partial charge in [0, 0.05) is 10.8 Å². The van der Waals surface area contributed by atoms with Gasteiger partial charge in [-0.25, -0.2) is 9.59 Å². The molecule has 0 heterocycles. The number of benzene rings is 2. The van der Waals surface area contributed by atoms with Gasteiger partial charge in [0.05, 0.1) is 27.4 Å². The van der Waals surface area contributed by atoms with E-state index in [0.29, 0.717) is 10.8 Å². The monoisotopic (exact) mass is 504 g/mol. The van der Waals surface area contributed by atoms with Gasteiger partial charge in [-0.2, -0.15) is 0 Å². The van der Waals surface area contributed by atoms with E-state index in [2.05, 4.69) is 13.8 Å². The molecule has 36 heavy (non-hydrogen) atoms. The van der Waals surface area contributed by atoms with Gasteiger partial charge in [0.25, 0.3) is 0 Å². The first-order valence-electron chi connectivity index (χ1n) is 12.7. The molecule has 0 aromatic heterocycles. The molecule has 8 heteroatoms. The molecule has 8 nitrogen and oxygen atoms in total. The molecule has 0 saturated carbocycles. The number of hydrogen-bond donors (Lipinski definition) is 0. The number of unbranched alkanes of at least 4 members (excludes halogenated alkanes) is 2. The molecule has 0 aliphatic rings. The van der Waals surface area contributed by atoms with Crippen LogP contribution in [0.2, 0.25) is 0 Å². The van der Waals surface area contributed by atoms with E-state index in [1.807, 2.05) is 13.8 Å². The van der Waals surface area contributed by atoms with E-state index < -0.39 is 12.3 Å². The maximum absolute atomic E-state index is 12.5. The van der Waals surface area contributed by atoms with Crippen molar-refractivity contribution in [3.63, 3.8) is 0 Å². The number of carbonyl (C=O) groups is 2. The van der Waals surface area contributed by atoms with Gasteiger partial charge in [-0.3, -0.25) is 0 Å². The van der Waals surface area contributed by atoms with Crippen molar-refractivity contribution in [1.82, 2.24) is 0 Å². The molecule has 0 spiro atoms. The van der Waals surface area contributed by atoms with Crippen LogP contribution in [0.1, 0.15) is 66.2 Å². The molecule has 2 atom stereocenters. The zero-order valence-electron chi connectivity index (χ0n) is 22.4. The van der Waals surface area contributed by atoms with Gasteiger partial charge in [0.15, 0.2) is 11.5 Å². The fraction of sp³-hybridized carbons (Fsp3) is 0.571. The lowest BCUT2D eigenvalue weighted by molar-refractivity contribution is 0.0817. The first kappa shape index (κ1) is 29.1. The van der Waals surface area contributed by atoms with Gasteiger partial charge in [-0.1, -0.05) is 77.6 Å². The summed E-state index contributed by atoms with van der Waals surface area (Å²) in [6, 6.07) is 7.01. The number of fused-ring (bicyclic) bond motifs is 1. The van der Waals surface area contributed by atoms with Crippen molar-refractivity contribution in [2.24, 2.45) is 11.8 Å². The molecule has 0 N–H and O–H groups in total. The first-order chi connectivity index (χ1) is 17.4. The molecule has 200 valence electrons. The van der Waals surface area contributed by atoms with E-state index in [-0.39, 0.29) is 48.0 Å². The maximum atomic E-state index is 12.5. The summed E-state index contributed by atoms with van der Waals surface area (Å²) in [6.45, 7) is 8.79. The first-order valence-corrected chi connectivity index (χ1v) is 12.7. The Morgan fingerprint density at radius 3 is 1.42 bits per heavy atom. The van der Waals surface area contributed by atoms with Crippen molar-refractivity contribution in [3.05, 3.63) is 24.3 Å². The number of ether oxygens (including phenoxy) is 6. The second-order valence-corrected chi connectivity index (χ2v) is 9.09. The van der Waals surface area contributed by atoms with Crippen LogP contribution in [0.5, 0.6) is 23.0 Å². The highest BCUT2D eigenvalue weighted by atomic mass is 16.7. The lowest BCUT2D eigenvalue weighted by atomic mass is 10.1. The summed E-state index contributed by atoms with van der Waals surface area (Å²) >= 11 is 0. The number of hydrogen-bond acceptors (Lipinski definition) is 8. The molecular formula is C28H40O8. The summed E-state index contributed by atoms with van der Waals surface area (Å²) in [5.41, 5.74) is 0. The maximum Gasteiger partial charge on any atom is 0.514 e. The van der Waals surface area contributed by atoms with Gasteiger partial charge in [0.2, 0.25) is 11.5 Å². The second kappa shape index (κ2) is 15.1. The Morgan fingerprint density at radius 2 is 1.08 bits per heavy atom. The van der Waals surface area contributed by atoms with Crippen molar-refractivity contribution in [2.75, 3.05) is 27.4 Å². The van der Waals surface area contributed by atoms with Gasteiger partial charge in [-0.05, 0) is 24.7 Å². The Labute approximate surface area is 214 Å². The highest BCUT2D eigenvalue weighted by Gasteiger charge is 2.27. The number of carbonyl (C=O) groups excluding carboxylic acids is 2. The van der Waals surface area contributed by atoms with Gasteiger partial charge < -0.3 is 28.4 Å². The third kappa shape index (κ3) is 8.21. The molecule has 2 aromatic rings. The molecule has 2 unspecified atom stereocenters. The van der Waals surface area contributed by atoms with Crippen LogP contribution in [0.4, 0.5) is 9.59 Å². The summed E-state index contributed by atoms with van der Waals surface area (Å²) in [6.07, 6.45) is 4.52. The third-order valence-electron chi connectivity index (χ3n) is 5.89. The third-order valence-corrected chi connectivity index (χ3v) is 5.89. The molecule has 0 bridgehead atoms. The largest absolute Gasteiger partial charge is 0.514 e. The lowest BCUT2D eigenvalue weighted by Gasteiger charge is -2.19. The summed E-state index contributed by atoms with van der Waals surface area (Å²) in [7, 11) is 2.82. The minimum Gasteiger partial charge on any atom is -0.490 e. The molecule has 2 aromatic carbocycles. The Kier molecular flexibility index (Phi) is 12.2. The Balaban J connectivity index is 2.29. The number of rotatable bonds is 14. The predicted molar refractivity (Wildman–Crippen MR) is 138 cm³/mol. The molecule has 2 rings (SSSR count). The van der Waals surface area contributed by atoms with Crippen LogP contribution < -0.4 is 18.9 Å². The predicted octanol–water partition coefficient (Wildman–Crippen LogP) is 7.54. The standard InChI is InChI=1S/C28H40O8/c1-7-9-13-19(3)17-33-27(29)35-23-21-15-11-12-16-22(21)24(26(32-6)25(23)31-5)36-28(30)34-18-20(4)14-10-8-2/h11-12,15-16,19-20H,7-10,13-14,17-18H2,1-6H3. The van der Waals surface area contributed by atoms with E-state index in [0.717, 1.165) is 38.5 Å². The van der Waals surface area contributed by atoms with E-state index in [9.17, 15) is 9.59 Å². The molecule has 0 aliphatic carbocycles. The van der Waals surface area contributed by atoms with Crippen molar-refractivity contribution >= 4 is 23.1 Å². The van der Waals surface area contributed by atoms with Gasteiger partial charge in [0.1, 0.15) is 0 Å².